The molecule has 0 aromatic heterocycles. The largest absolute Gasteiger partial charge is 0.416 e. The lowest BCUT2D eigenvalue weighted by molar-refractivity contribution is -0.199. The van der Waals surface area contributed by atoms with Crippen molar-refractivity contribution in [2.45, 2.75) is 44.3 Å². The van der Waals surface area contributed by atoms with E-state index in [1.54, 1.807) is 0 Å². The zero-order valence-corrected chi connectivity index (χ0v) is 12.5. The number of rotatable bonds is 3. The molecular weight excluding hydrogens is 299 g/mol. The van der Waals surface area contributed by atoms with E-state index in [0.29, 0.717) is 36.5 Å². The summed E-state index contributed by atoms with van der Waals surface area (Å²) in [5.41, 5.74) is 0. The van der Waals surface area contributed by atoms with Gasteiger partial charge in [-0.15, -0.1) is 0 Å². The first kappa shape index (κ1) is 15.9. The minimum absolute atomic E-state index is 0.295. The summed E-state index contributed by atoms with van der Waals surface area (Å²) in [6, 6.07) is 0. The van der Waals surface area contributed by atoms with Gasteiger partial charge in [-0.2, -0.15) is 13.2 Å². The molecule has 0 saturated carbocycles. The number of nitrogens with zero attached hydrogens (tertiary/aromatic N) is 2. The maximum absolute atomic E-state index is 12.4. The van der Waals surface area contributed by atoms with Crippen LogP contribution in [0.3, 0.4) is 0 Å². The van der Waals surface area contributed by atoms with Gasteiger partial charge in [0.2, 0.25) is 0 Å². The number of aliphatic hydroxyl groups is 1. The summed E-state index contributed by atoms with van der Waals surface area (Å²) in [6.07, 6.45) is -4.29. The predicted molar refractivity (Wildman–Crippen MR) is 74.5 cm³/mol. The fourth-order valence-electron chi connectivity index (χ4n) is 3.84. The molecule has 3 fully saturated rings. The van der Waals surface area contributed by atoms with Crippen molar-refractivity contribution < 1.29 is 23.0 Å². The van der Waals surface area contributed by atoms with Gasteiger partial charge in [-0.1, -0.05) is 0 Å². The third-order valence-corrected chi connectivity index (χ3v) is 4.88. The Labute approximate surface area is 127 Å². The second kappa shape index (κ2) is 5.88. The van der Waals surface area contributed by atoms with Gasteiger partial charge in [-0.3, -0.25) is 4.99 Å². The lowest BCUT2D eigenvalue weighted by atomic mass is 9.82. The summed E-state index contributed by atoms with van der Waals surface area (Å²) in [6.45, 7) is 3.32. The van der Waals surface area contributed by atoms with Crippen LogP contribution in [0, 0.1) is 11.8 Å². The topological polar surface area (TPSA) is 57.1 Å². The SMILES string of the molecule is CCNC(=NCC(O)C(F)(F)F)N1CC2C3CCC(O3)C2C1. The first-order valence-corrected chi connectivity index (χ1v) is 7.83. The minimum Gasteiger partial charge on any atom is -0.382 e. The van der Waals surface area contributed by atoms with Crippen LogP contribution in [0.25, 0.3) is 0 Å². The van der Waals surface area contributed by atoms with E-state index >= 15 is 0 Å². The van der Waals surface area contributed by atoms with Gasteiger partial charge in [0.15, 0.2) is 12.1 Å². The summed E-state index contributed by atoms with van der Waals surface area (Å²) >= 11 is 0. The summed E-state index contributed by atoms with van der Waals surface area (Å²) in [4.78, 5) is 5.99. The molecule has 0 amide bonds. The van der Waals surface area contributed by atoms with Crippen LogP contribution >= 0.6 is 0 Å². The van der Waals surface area contributed by atoms with Gasteiger partial charge in [0, 0.05) is 31.5 Å². The molecule has 0 aromatic carbocycles. The minimum atomic E-state index is -4.63. The van der Waals surface area contributed by atoms with Crippen molar-refractivity contribution >= 4 is 5.96 Å². The Hall–Kier alpha value is -1.02. The van der Waals surface area contributed by atoms with Crippen LogP contribution in [0.4, 0.5) is 13.2 Å². The van der Waals surface area contributed by atoms with Crippen molar-refractivity contribution in [2.24, 2.45) is 16.8 Å². The zero-order chi connectivity index (χ0) is 15.9. The van der Waals surface area contributed by atoms with Gasteiger partial charge >= 0.3 is 6.18 Å². The molecule has 2 N–H and O–H groups in total. The van der Waals surface area contributed by atoms with E-state index in [-0.39, 0.29) is 0 Å². The molecule has 3 aliphatic rings. The molecule has 5 nitrogen and oxygen atoms in total. The molecule has 0 spiro atoms. The van der Waals surface area contributed by atoms with Crippen LogP contribution in [0.2, 0.25) is 0 Å². The molecule has 5 unspecified atom stereocenters. The number of halogens is 3. The molecule has 8 heteroatoms. The van der Waals surface area contributed by atoms with Gasteiger partial charge in [-0.25, -0.2) is 0 Å². The highest BCUT2D eigenvalue weighted by Gasteiger charge is 2.53. The van der Waals surface area contributed by atoms with E-state index in [1.165, 1.54) is 0 Å². The Bertz CT molecular complexity index is 426. The number of aliphatic imine (C=N–C) groups is 1. The maximum Gasteiger partial charge on any atom is 0.416 e. The molecule has 126 valence electrons. The third-order valence-electron chi connectivity index (χ3n) is 4.88. The summed E-state index contributed by atoms with van der Waals surface area (Å²) in [5.74, 6) is 1.37. The van der Waals surface area contributed by atoms with Crippen molar-refractivity contribution in [2.75, 3.05) is 26.2 Å². The Balaban J connectivity index is 1.65. The van der Waals surface area contributed by atoms with Crippen molar-refractivity contribution in [3.63, 3.8) is 0 Å². The third kappa shape index (κ3) is 2.90. The second-order valence-corrected chi connectivity index (χ2v) is 6.28. The van der Waals surface area contributed by atoms with Gasteiger partial charge < -0.3 is 20.1 Å². The molecule has 3 rings (SSSR count). The van der Waals surface area contributed by atoms with Crippen molar-refractivity contribution in [1.82, 2.24) is 10.2 Å². The molecule has 2 bridgehead atoms. The summed E-state index contributed by atoms with van der Waals surface area (Å²) in [7, 11) is 0. The van der Waals surface area contributed by atoms with Gasteiger partial charge in [0.25, 0.3) is 0 Å². The second-order valence-electron chi connectivity index (χ2n) is 6.28. The number of fused-ring (bicyclic) bond motifs is 5. The molecule has 3 saturated heterocycles. The average Bonchev–Trinajstić information content (AvgIpc) is 3.12. The smallest absolute Gasteiger partial charge is 0.382 e. The zero-order valence-electron chi connectivity index (χ0n) is 12.5. The lowest BCUT2D eigenvalue weighted by Gasteiger charge is -2.24. The fourth-order valence-corrected chi connectivity index (χ4v) is 3.84. The Morgan fingerprint density at radius 2 is 1.91 bits per heavy atom. The summed E-state index contributed by atoms with van der Waals surface area (Å²) in [5, 5.41) is 12.1. The number of ether oxygens (including phenoxy) is 1. The van der Waals surface area contributed by atoms with E-state index in [2.05, 4.69) is 10.3 Å². The van der Waals surface area contributed by atoms with Gasteiger partial charge in [-0.05, 0) is 19.8 Å². The van der Waals surface area contributed by atoms with Crippen LogP contribution in [0.5, 0.6) is 0 Å². The van der Waals surface area contributed by atoms with E-state index in [4.69, 9.17) is 9.84 Å². The van der Waals surface area contributed by atoms with Gasteiger partial charge in [0.05, 0.1) is 18.8 Å². The predicted octanol–water partition coefficient (Wildman–Crippen LogP) is 0.984. The number of likely N-dealkylation sites (tertiary alicyclic amines) is 1. The van der Waals surface area contributed by atoms with E-state index in [0.717, 1.165) is 25.9 Å². The first-order chi connectivity index (χ1) is 10.4. The lowest BCUT2D eigenvalue weighted by Crippen LogP contribution is -2.42. The molecule has 0 radical (unpaired) electrons. The monoisotopic (exact) mass is 321 g/mol. The number of guanidine groups is 1. The van der Waals surface area contributed by atoms with Crippen LogP contribution < -0.4 is 5.32 Å². The van der Waals surface area contributed by atoms with E-state index < -0.39 is 18.8 Å². The molecule has 22 heavy (non-hydrogen) atoms. The number of hydrogen-bond donors (Lipinski definition) is 2. The Morgan fingerprint density at radius 3 is 2.41 bits per heavy atom. The van der Waals surface area contributed by atoms with Crippen LogP contribution in [-0.2, 0) is 4.74 Å². The molecule has 5 atom stereocenters. The van der Waals surface area contributed by atoms with Crippen LogP contribution in [-0.4, -0.2) is 66.6 Å². The number of aliphatic hydroxyl groups excluding tert-OH is 1. The molecular formula is C14H22F3N3O2. The van der Waals surface area contributed by atoms with Crippen LogP contribution in [0.15, 0.2) is 4.99 Å². The normalized spacial score (nSPS) is 35.9. The highest BCUT2D eigenvalue weighted by molar-refractivity contribution is 5.80. The molecule has 3 aliphatic heterocycles. The quantitative estimate of drug-likeness (QED) is 0.601. The highest BCUT2D eigenvalue weighted by Crippen LogP contribution is 2.47. The molecule has 0 aliphatic carbocycles. The number of nitrogens with one attached hydrogen (secondary N) is 1. The van der Waals surface area contributed by atoms with E-state index in [1.807, 2.05) is 11.8 Å². The number of alkyl halides is 3. The molecule has 3 heterocycles. The highest BCUT2D eigenvalue weighted by atomic mass is 19.4. The standard InChI is InChI=1S/C14H22F3N3O2/c1-2-18-13(19-5-12(21)14(15,16)17)20-6-8-9(7-20)11-4-3-10(8)22-11/h8-12,21H,2-7H2,1H3,(H,18,19). The maximum atomic E-state index is 12.4. The Kier molecular flexibility index (Phi) is 4.24. The average molecular weight is 321 g/mol. The van der Waals surface area contributed by atoms with Crippen molar-refractivity contribution in [3.8, 4) is 0 Å². The number of hydrogen-bond acceptors (Lipinski definition) is 3. The summed E-state index contributed by atoms with van der Waals surface area (Å²) < 4.78 is 43.1. The van der Waals surface area contributed by atoms with Gasteiger partial charge in [0.1, 0.15) is 0 Å². The Morgan fingerprint density at radius 1 is 1.32 bits per heavy atom. The molecule has 0 aromatic rings. The van der Waals surface area contributed by atoms with Crippen molar-refractivity contribution in [1.29, 1.82) is 0 Å². The first-order valence-electron chi connectivity index (χ1n) is 7.83. The van der Waals surface area contributed by atoms with E-state index in [9.17, 15) is 13.2 Å². The fraction of sp³-hybridized carbons (Fsp3) is 0.929. The van der Waals surface area contributed by atoms with Crippen LogP contribution in [0.1, 0.15) is 19.8 Å². The van der Waals surface area contributed by atoms with Crippen molar-refractivity contribution in [3.05, 3.63) is 0 Å².